The predicted octanol–water partition coefficient (Wildman–Crippen LogP) is 4.89. The van der Waals surface area contributed by atoms with Crippen LogP contribution in [0.1, 0.15) is 57.6 Å². The smallest absolute Gasteiger partial charge is 0.0380 e. The summed E-state index contributed by atoms with van der Waals surface area (Å²) < 4.78 is 1.24. The lowest BCUT2D eigenvalue weighted by molar-refractivity contribution is 0.362. The van der Waals surface area contributed by atoms with Crippen LogP contribution in [0.4, 0.5) is 5.69 Å². The standard InChI is InChI=1S/C18H27BrN2/c1-3-20-13(2)16-10-9-15(12-17(16)19)21-11-5-7-14-6-4-8-18(14)21/h9-10,12-14,18,20H,3-8,11H2,1-2H3. The van der Waals surface area contributed by atoms with Crippen LogP contribution in [0.15, 0.2) is 22.7 Å². The molecule has 21 heavy (non-hydrogen) atoms. The van der Waals surface area contributed by atoms with Crippen molar-refractivity contribution in [2.75, 3.05) is 18.0 Å². The lowest BCUT2D eigenvalue weighted by Gasteiger charge is -2.39. The molecule has 1 aromatic carbocycles. The molecule has 116 valence electrons. The minimum Gasteiger partial charge on any atom is -0.368 e. The van der Waals surface area contributed by atoms with Crippen LogP contribution in [0.5, 0.6) is 0 Å². The maximum absolute atomic E-state index is 3.79. The van der Waals surface area contributed by atoms with Crippen LogP contribution in [0.3, 0.4) is 0 Å². The van der Waals surface area contributed by atoms with E-state index in [1.165, 1.54) is 54.4 Å². The molecule has 0 spiro atoms. The number of nitrogens with zero attached hydrogens (tertiary/aromatic N) is 1. The number of anilines is 1. The summed E-state index contributed by atoms with van der Waals surface area (Å²) in [6, 6.07) is 8.16. The third-order valence-electron chi connectivity index (χ3n) is 5.29. The van der Waals surface area contributed by atoms with Crippen molar-refractivity contribution in [1.82, 2.24) is 5.32 Å². The topological polar surface area (TPSA) is 15.3 Å². The van der Waals surface area contributed by atoms with Gasteiger partial charge in [0.25, 0.3) is 0 Å². The number of hydrogen-bond donors (Lipinski definition) is 1. The quantitative estimate of drug-likeness (QED) is 0.831. The number of hydrogen-bond acceptors (Lipinski definition) is 2. The number of rotatable bonds is 4. The molecule has 1 aromatic rings. The molecular formula is C18H27BrN2. The van der Waals surface area contributed by atoms with Crippen LogP contribution < -0.4 is 10.2 Å². The van der Waals surface area contributed by atoms with Crippen LogP contribution in [0, 0.1) is 5.92 Å². The number of piperidine rings is 1. The monoisotopic (exact) mass is 350 g/mol. The molecule has 1 saturated carbocycles. The van der Waals surface area contributed by atoms with Crippen LogP contribution in [0.25, 0.3) is 0 Å². The van der Waals surface area contributed by atoms with Crippen molar-refractivity contribution in [3.8, 4) is 0 Å². The zero-order chi connectivity index (χ0) is 14.8. The molecule has 3 atom stereocenters. The van der Waals surface area contributed by atoms with E-state index in [1.807, 2.05) is 0 Å². The first-order valence-electron chi connectivity index (χ1n) is 8.50. The van der Waals surface area contributed by atoms with Gasteiger partial charge in [-0.15, -0.1) is 0 Å². The first-order valence-corrected chi connectivity index (χ1v) is 9.29. The van der Waals surface area contributed by atoms with Gasteiger partial charge in [0.05, 0.1) is 0 Å². The normalized spacial score (nSPS) is 26.7. The molecule has 3 unspecified atom stereocenters. The molecule has 1 heterocycles. The van der Waals surface area contributed by atoms with Crippen LogP contribution in [-0.4, -0.2) is 19.1 Å². The average Bonchev–Trinajstić information content (AvgIpc) is 2.95. The highest BCUT2D eigenvalue weighted by atomic mass is 79.9. The lowest BCUT2D eigenvalue weighted by atomic mass is 9.91. The molecule has 2 aliphatic rings. The minimum atomic E-state index is 0.402. The maximum Gasteiger partial charge on any atom is 0.0380 e. The Bertz CT molecular complexity index is 488. The Kier molecular flexibility index (Phi) is 4.90. The molecule has 0 amide bonds. The zero-order valence-corrected chi connectivity index (χ0v) is 14.8. The molecule has 1 aliphatic carbocycles. The third-order valence-corrected chi connectivity index (χ3v) is 5.97. The summed E-state index contributed by atoms with van der Waals surface area (Å²) in [6.45, 7) is 6.63. The van der Waals surface area contributed by atoms with Crippen molar-refractivity contribution in [3.63, 3.8) is 0 Å². The van der Waals surface area contributed by atoms with Crippen molar-refractivity contribution < 1.29 is 0 Å². The molecule has 0 bridgehead atoms. The van der Waals surface area contributed by atoms with Gasteiger partial charge in [-0.2, -0.15) is 0 Å². The second-order valence-corrected chi connectivity index (χ2v) is 7.43. The Morgan fingerprint density at radius 1 is 1.29 bits per heavy atom. The SMILES string of the molecule is CCNC(C)c1ccc(N2CCCC3CCCC32)cc1Br. The average molecular weight is 351 g/mol. The number of halogens is 1. The van der Waals surface area contributed by atoms with E-state index in [2.05, 4.69) is 58.2 Å². The van der Waals surface area contributed by atoms with Crippen LogP contribution in [0.2, 0.25) is 0 Å². The third kappa shape index (κ3) is 3.14. The Morgan fingerprint density at radius 3 is 2.86 bits per heavy atom. The minimum absolute atomic E-state index is 0.402. The highest BCUT2D eigenvalue weighted by Gasteiger charge is 2.35. The van der Waals surface area contributed by atoms with Gasteiger partial charge < -0.3 is 10.2 Å². The van der Waals surface area contributed by atoms with E-state index in [0.717, 1.165) is 18.5 Å². The zero-order valence-electron chi connectivity index (χ0n) is 13.2. The van der Waals surface area contributed by atoms with Gasteiger partial charge >= 0.3 is 0 Å². The second kappa shape index (κ2) is 6.70. The number of fused-ring (bicyclic) bond motifs is 1. The molecule has 2 nitrogen and oxygen atoms in total. The number of benzene rings is 1. The molecule has 0 aromatic heterocycles. The van der Waals surface area contributed by atoms with E-state index >= 15 is 0 Å². The van der Waals surface area contributed by atoms with Crippen LogP contribution in [-0.2, 0) is 0 Å². The Morgan fingerprint density at radius 2 is 2.10 bits per heavy atom. The van der Waals surface area contributed by atoms with E-state index < -0.39 is 0 Å². The summed E-state index contributed by atoms with van der Waals surface area (Å²) in [5, 5.41) is 3.50. The van der Waals surface area contributed by atoms with Gasteiger partial charge in [-0.25, -0.2) is 0 Å². The summed E-state index contributed by atoms with van der Waals surface area (Å²) in [6.07, 6.45) is 7.05. The van der Waals surface area contributed by atoms with Gasteiger partial charge in [0.2, 0.25) is 0 Å². The Hall–Kier alpha value is -0.540. The molecular weight excluding hydrogens is 324 g/mol. The Labute approximate surface area is 137 Å². The van der Waals surface area contributed by atoms with Crippen molar-refractivity contribution in [2.24, 2.45) is 5.92 Å². The summed E-state index contributed by atoms with van der Waals surface area (Å²) >= 11 is 3.79. The summed E-state index contributed by atoms with van der Waals surface area (Å²) in [4.78, 5) is 2.67. The predicted molar refractivity (Wildman–Crippen MR) is 93.9 cm³/mol. The van der Waals surface area contributed by atoms with Gasteiger partial charge in [-0.1, -0.05) is 35.3 Å². The molecule has 0 radical (unpaired) electrons. The summed E-state index contributed by atoms with van der Waals surface area (Å²) in [5.41, 5.74) is 2.77. The fraction of sp³-hybridized carbons (Fsp3) is 0.667. The molecule has 2 fully saturated rings. The van der Waals surface area contributed by atoms with Gasteiger partial charge in [-0.3, -0.25) is 0 Å². The fourth-order valence-corrected chi connectivity index (χ4v) is 4.95. The van der Waals surface area contributed by atoms with Crippen molar-refractivity contribution in [3.05, 3.63) is 28.2 Å². The molecule has 3 heteroatoms. The van der Waals surface area contributed by atoms with E-state index in [-0.39, 0.29) is 0 Å². The van der Waals surface area contributed by atoms with E-state index in [9.17, 15) is 0 Å². The van der Waals surface area contributed by atoms with Crippen molar-refractivity contribution in [2.45, 2.75) is 58.0 Å². The highest BCUT2D eigenvalue weighted by Crippen LogP contribution is 2.40. The van der Waals surface area contributed by atoms with Crippen molar-refractivity contribution in [1.29, 1.82) is 0 Å². The van der Waals surface area contributed by atoms with Gasteiger partial charge in [0, 0.05) is 28.8 Å². The molecule has 1 aliphatic heterocycles. The maximum atomic E-state index is 3.79. The number of nitrogens with one attached hydrogen (secondary N) is 1. The highest BCUT2D eigenvalue weighted by molar-refractivity contribution is 9.10. The van der Waals surface area contributed by atoms with Gasteiger partial charge in [0.15, 0.2) is 0 Å². The fourth-order valence-electron chi connectivity index (χ4n) is 4.24. The molecule has 1 saturated heterocycles. The first kappa shape index (κ1) is 15.4. The van der Waals surface area contributed by atoms with E-state index in [4.69, 9.17) is 0 Å². The first-order chi connectivity index (χ1) is 10.2. The lowest BCUT2D eigenvalue weighted by Crippen LogP contribution is -2.42. The molecule has 1 N–H and O–H groups in total. The van der Waals surface area contributed by atoms with E-state index in [1.54, 1.807) is 0 Å². The van der Waals surface area contributed by atoms with Crippen LogP contribution >= 0.6 is 15.9 Å². The Balaban J connectivity index is 1.81. The molecule has 3 rings (SSSR count). The van der Waals surface area contributed by atoms with Gasteiger partial charge in [-0.05, 0) is 62.8 Å². The second-order valence-electron chi connectivity index (χ2n) is 6.58. The summed E-state index contributed by atoms with van der Waals surface area (Å²) in [7, 11) is 0. The summed E-state index contributed by atoms with van der Waals surface area (Å²) in [5.74, 6) is 0.942. The van der Waals surface area contributed by atoms with Crippen molar-refractivity contribution >= 4 is 21.6 Å². The van der Waals surface area contributed by atoms with Gasteiger partial charge in [0.1, 0.15) is 0 Å². The largest absolute Gasteiger partial charge is 0.368 e. The van der Waals surface area contributed by atoms with E-state index in [0.29, 0.717) is 6.04 Å².